The van der Waals surface area contributed by atoms with Crippen molar-refractivity contribution >= 4 is 23.2 Å². The van der Waals surface area contributed by atoms with Crippen molar-refractivity contribution < 1.29 is 9.59 Å². The average molecular weight is 380 g/mol. The van der Waals surface area contributed by atoms with Crippen molar-refractivity contribution in [1.82, 2.24) is 4.90 Å². The Bertz CT molecular complexity index is 827. The smallest absolute Gasteiger partial charge is 0.241 e. The number of benzene rings is 2. The number of amides is 2. The van der Waals surface area contributed by atoms with Gasteiger partial charge in [-0.05, 0) is 70.5 Å². The molecule has 5 heteroatoms. The molecule has 3 rings (SSSR count). The van der Waals surface area contributed by atoms with E-state index in [1.807, 2.05) is 63.2 Å². The molecule has 0 aromatic heterocycles. The lowest BCUT2D eigenvalue weighted by molar-refractivity contribution is -0.123. The van der Waals surface area contributed by atoms with Crippen LogP contribution >= 0.6 is 0 Å². The molecule has 5 nitrogen and oxygen atoms in total. The molecule has 2 aromatic rings. The summed E-state index contributed by atoms with van der Waals surface area (Å²) in [6, 6.07) is 15.3. The third-order valence-electron chi connectivity index (χ3n) is 5.51. The summed E-state index contributed by atoms with van der Waals surface area (Å²) in [6.07, 6.45) is 1.53. The monoisotopic (exact) mass is 379 g/mol. The van der Waals surface area contributed by atoms with Gasteiger partial charge in [0.1, 0.15) is 0 Å². The van der Waals surface area contributed by atoms with Crippen LogP contribution in [0, 0.1) is 19.8 Å². The van der Waals surface area contributed by atoms with Crippen LogP contribution in [-0.2, 0) is 9.59 Å². The molecule has 1 aliphatic heterocycles. The maximum atomic E-state index is 12.7. The summed E-state index contributed by atoms with van der Waals surface area (Å²) in [7, 11) is 0. The van der Waals surface area contributed by atoms with Crippen LogP contribution in [0.4, 0.5) is 11.4 Å². The fourth-order valence-corrected chi connectivity index (χ4v) is 3.67. The first-order valence-corrected chi connectivity index (χ1v) is 9.92. The fourth-order valence-electron chi connectivity index (χ4n) is 3.67. The highest BCUT2D eigenvalue weighted by Crippen LogP contribution is 2.22. The molecular weight excluding hydrogens is 350 g/mol. The third kappa shape index (κ3) is 4.98. The van der Waals surface area contributed by atoms with Crippen LogP contribution in [0.2, 0.25) is 0 Å². The van der Waals surface area contributed by atoms with Crippen molar-refractivity contribution in [2.24, 2.45) is 5.92 Å². The third-order valence-corrected chi connectivity index (χ3v) is 5.51. The molecular formula is C23H29N3O2. The van der Waals surface area contributed by atoms with Crippen molar-refractivity contribution in [2.45, 2.75) is 39.7 Å². The molecule has 0 aliphatic carbocycles. The summed E-state index contributed by atoms with van der Waals surface area (Å²) >= 11 is 0. The van der Waals surface area contributed by atoms with Gasteiger partial charge in [0.15, 0.2) is 0 Å². The van der Waals surface area contributed by atoms with Gasteiger partial charge < -0.3 is 10.6 Å². The molecule has 0 bridgehead atoms. The number of piperidine rings is 1. The Hall–Kier alpha value is -2.66. The van der Waals surface area contributed by atoms with Crippen molar-refractivity contribution in [1.29, 1.82) is 0 Å². The number of aryl methyl sites for hydroxylation is 2. The van der Waals surface area contributed by atoms with Crippen molar-refractivity contribution in [2.75, 3.05) is 23.7 Å². The Morgan fingerprint density at radius 2 is 1.68 bits per heavy atom. The molecule has 0 radical (unpaired) electrons. The van der Waals surface area contributed by atoms with Crippen LogP contribution in [0.25, 0.3) is 0 Å². The van der Waals surface area contributed by atoms with E-state index in [0.717, 1.165) is 42.9 Å². The minimum Gasteiger partial charge on any atom is -0.326 e. The second-order valence-corrected chi connectivity index (χ2v) is 7.65. The minimum absolute atomic E-state index is 0.000796. The van der Waals surface area contributed by atoms with Crippen LogP contribution < -0.4 is 10.6 Å². The summed E-state index contributed by atoms with van der Waals surface area (Å²) < 4.78 is 0. The number of anilines is 2. The van der Waals surface area contributed by atoms with E-state index in [0.29, 0.717) is 0 Å². The molecule has 28 heavy (non-hydrogen) atoms. The van der Waals surface area contributed by atoms with Gasteiger partial charge in [-0.3, -0.25) is 14.5 Å². The number of para-hydroxylation sites is 1. The number of hydrogen-bond donors (Lipinski definition) is 2. The number of rotatable bonds is 5. The zero-order chi connectivity index (χ0) is 20.1. The molecule has 2 aromatic carbocycles. The van der Waals surface area contributed by atoms with Crippen LogP contribution in [0.1, 0.15) is 30.9 Å². The van der Waals surface area contributed by atoms with Crippen LogP contribution in [0.3, 0.4) is 0 Å². The van der Waals surface area contributed by atoms with E-state index in [1.165, 1.54) is 5.56 Å². The highest BCUT2D eigenvalue weighted by Gasteiger charge is 2.30. The number of carbonyl (C=O) groups excluding carboxylic acids is 2. The summed E-state index contributed by atoms with van der Waals surface area (Å²) in [5, 5.41) is 6.03. The molecule has 2 amide bonds. The van der Waals surface area contributed by atoms with E-state index in [4.69, 9.17) is 0 Å². The fraction of sp³-hybridized carbons (Fsp3) is 0.391. The molecule has 1 aliphatic rings. The highest BCUT2D eigenvalue weighted by molar-refractivity contribution is 5.95. The highest BCUT2D eigenvalue weighted by atomic mass is 16.2. The lowest BCUT2D eigenvalue weighted by atomic mass is 9.94. The predicted octanol–water partition coefficient (Wildman–Crippen LogP) is 3.98. The number of nitrogens with one attached hydrogen (secondary N) is 2. The minimum atomic E-state index is -0.223. The van der Waals surface area contributed by atoms with E-state index in [9.17, 15) is 9.59 Å². The predicted molar refractivity (Wildman–Crippen MR) is 113 cm³/mol. The molecule has 1 saturated heterocycles. The topological polar surface area (TPSA) is 61.4 Å². The normalized spacial score (nSPS) is 16.4. The summed E-state index contributed by atoms with van der Waals surface area (Å²) in [5.74, 6) is 0.0587. The molecule has 1 heterocycles. The van der Waals surface area contributed by atoms with Gasteiger partial charge in [0.25, 0.3) is 0 Å². The summed E-state index contributed by atoms with van der Waals surface area (Å²) in [4.78, 5) is 27.3. The van der Waals surface area contributed by atoms with E-state index >= 15 is 0 Å². The Morgan fingerprint density at radius 3 is 2.32 bits per heavy atom. The Morgan fingerprint density at radius 1 is 1.00 bits per heavy atom. The van der Waals surface area contributed by atoms with Gasteiger partial charge in [0.05, 0.1) is 6.04 Å². The Kier molecular flexibility index (Phi) is 6.47. The first-order valence-electron chi connectivity index (χ1n) is 9.92. The zero-order valence-corrected chi connectivity index (χ0v) is 16.9. The molecule has 1 atom stereocenters. The Balaban J connectivity index is 1.51. The van der Waals surface area contributed by atoms with Gasteiger partial charge in [-0.25, -0.2) is 0 Å². The van der Waals surface area contributed by atoms with Crippen LogP contribution in [-0.4, -0.2) is 35.8 Å². The maximum Gasteiger partial charge on any atom is 0.241 e. The molecule has 1 fully saturated rings. The van der Waals surface area contributed by atoms with E-state index in [2.05, 4.69) is 21.6 Å². The number of likely N-dealkylation sites (tertiary alicyclic amines) is 1. The van der Waals surface area contributed by atoms with Crippen LogP contribution in [0.15, 0.2) is 48.5 Å². The first-order chi connectivity index (χ1) is 13.4. The first kappa shape index (κ1) is 20.1. The second-order valence-electron chi connectivity index (χ2n) is 7.65. The molecule has 0 unspecified atom stereocenters. The van der Waals surface area contributed by atoms with Crippen LogP contribution in [0.5, 0.6) is 0 Å². The summed E-state index contributed by atoms with van der Waals surface area (Å²) in [5.41, 5.74) is 3.94. The van der Waals surface area contributed by atoms with Crippen molar-refractivity contribution in [3.05, 3.63) is 59.7 Å². The van der Waals surface area contributed by atoms with Crippen molar-refractivity contribution in [3.8, 4) is 0 Å². The molecule has 0 spiro atoms. The van der Waals surface area contributed by atoms with E-state index < -0.39 is 0 Å². The lowest BCUT2D eigenvalue weighted by Crippen LogP contribution is -2.47. The van der Waals surface area contributed by atoms with E-state index in [-0.39, 0.29) is 23.8 Å². The molecule has 2 N–H and O–H groups in total. The lowest BCUT2D eigenvalue weighted by Gasteiger charge is -2.34. The van der Waals surface area contributed by atoms with Crippen molar-refractivity contribution in [3.63, 3.8) is 0 Å². The standard InChI is InChI=1S/C23H29N3O2/c1-16-9-10-21(17(2)15-16)25-22(27)18(3)26-13-11-19(12-14-26)23(28)24-20-7-5-4-6-8-20/h4-10,15,18-19H,11-14H2,1-3H3,(H,24,28)(H,25,27)/t18-/m1/s1. The van der Waals surface area contributed by atoms with Gasteiger partial charge in [0, 0.05) is 17.3 Å². The maximum absolute atomic E-state index is 12.7. The number of hydrogen-bond acceptors (Lipinski definition) is 3. The number of nitrogens with zero attached hydrogens (tertiary/aromatic N) is 1. The van der Waals surface area contributed by atoms with E-state index in [1.54, 1.807) is 0 Å². The Labute approximate surface area is 167 Å². The van der Waals surface area contributed by atoms with Gasteiger partial charge in [-0.1, -0.05) is 35.9 Å². The largest absolute Gasteiger partial charge is 0.326 e. The SMILES string of the molecule is Cc1ccc(NC(=O)[C@@H](C)N2CCC(C(=O)Nc3ccccc3)CC2)c(C)c1. The van der Waals surface area contributed by atoms with Gasteiger partial charge in [-0.2, -0.15) is 0 Å². The average Bonchev–Trinajstić information content (AvgIpc) is 2.70. The zero-order valence-electron chi connectivity index (χ0n) is 16.9. The second kappa shape index (κ2) is 9.02. The summed E-state index contributed by atoms with van der Waals surface area (Å²) in [6.45, 7) is 7.47. The molecule has 0 saturated carbocycles. The molecule has 148 valence electrons. The van der Waals surface area contributed by atoms with Gasteiger partial charge in [0.2, 0.25) is 11.8 Å². The quantitative estimate of drug-likeness (QED) is 0.826. The van der Waals surface area contributed by atoms with Gasteiger partial charge >= 0.3 is 0 Å². The van der Waals surface area contributed by atoms with Gasteiger partial charge in [-0.15, -0.1) is 0 Å². The number of carbonyl (C=O) groups is 2.